The number of fused-ring (bicyclic) bond motifs is 5. The van der Waals surface area contributed by atoms with E-state index in [0.29, 0.717) is 74.4 Å². The van der Waals surface area contributed by atoms with E-state index in [1.165, 1.54) is 14.2 Å². The Morgan fingerprint density at radius 1 is 0.842 bits per heavy atom. The van der Waals surface area contributed by atoms with Crippen LogP contribution in [0.3, 0.4) is 0 Å². The van der Waals surface area contributed by atoms with E-state index in [1.54, 1.807) is 30.7 Å². The molecule has 3 saturated heterocycles. The monoisotopic (exact) mass is 1060 g/mol. The first-order valence-electron chi connectivity index (χ1n) is 26.6. The van der Waals surface area contributed by atoms with Crippen molar-refractivity contribution in [1.29, 1.82) is 0 Å². The Hall–Kier alpha value is -6.37. The van der Waals surface area contributed by atoms with Crippen LogP contribution in [0.2, 0.25) is 0 Å². The molecule has 10 rings (SSSR count). The highest BCUT2D eigenvalue weighted by Gasteiger charge is 2.44. The van der Waals surface area contributed by atoms with E-state index in [2.05, 4.69) is 59.4 Å². The molecule has 0 aliphatic carbocycles. The average Bonchev–Trinajstić information content (AvgIpc) is 4.26. The molecule has 18 heteroatoms. The second kappa shape index (κ2) is 21.2. The highest BCUT2D eigenvalue weighted by Crippen LogP contribution is 2.49. The number of nitrogens with one attached hydrogen (secondary N) is 2. The van der Waals surface area contributed by atoms with Crippen molar-refractivity contribution in [3.63, 3.8) is 0 Å². The number of benzene rings is 2. The molecule has 0 bridgehead atoms. The zero-order valence-electron chi connectivity index (χ0n) is 45.0. The summed E-state index contributed by atoms with van der Waals surface area (Å²) in [6, 6.07) is 14.0. The van der Waals surface area contributed by atoms with Crippen molar-refractivity contribution in [3.05, 3.63) is 87.6 Å². The molecular formula is C58H70FN7O9S. The standard InChI is InChI=1S/C58H70FN7O9S/c1-32(2)50(62-55(69)71-7)52(67)64-19-10-12-44(64)42-25-38(31-61-42)35-23-40(59)49-46-26-36-22-33(14-16-43(36)66(46)54(75-47(49)27-35)48-17-15-39(76-48)29-57(3,4)73-9)37-24-41(60-30-37)45-13-11-20-65(45)53(68)51(63-56(70)72-8)34-18-21-74-58(5,6)28-34/h14-17,22-23,26-27,30-32,34,44-45,50-51,54H,10-13,18-21,24-25,28-29H2,1-9H3,(H,62,69)(H,63,70)/t34?,44-,45-,50-,51?,54?/m0/s1. The predicted octanol–water partition coefficient (Wildman–Crippen LogP) is 10.1. The van der Waals surface area contributed by atoms with Crippen LogP contribution in [0.25, 0.3) is 33.3 Å². The lowest BCUT2D eigenvalue weighted by atomic mass is 9.82. The molecule has 4 aromatic rings. The third kappa shape index (κ3) is 10.4. The van der Waals surface area contributed by atoms with Crippen LogP contribution < -0.4 is 15.4 Å². The molecule has 6 atom stereocenters. The van der Waals surface area contributed by atoms with Crippen molar-refractivity contribution < 1.29 is 47.3 Å². The number of rotatable bonds is 14. The van der Waals surface area contributed by atoms with Gasteiger partial charge < -0.3 is 44.1 Å². The smallest absolute Gasteiger partial charge is 0.407 e. The maximum absolute atomic E-state index is 17.1. The summed E-state index contributed by atoms with van der Waals surface area (Å²) in [5.74, 6) is -0.595. The fourth-order valence-corrected chi connectivity index (χ4v) is 13.3. The van der Waals surface area contributed by atoms with Gasteiger partial charge in [0.1, 0.15) is 23.7 Å². The Labute approximate surface area is 447 Å². The molecular weight excluding hydrogens is 990 g/mol. The van der Waals surface area contributed by atoms with Crippen molar-refractivity contribution >= 4 is 68.8 Å². The summed E-state index contributed by atoms with van der Waals surface area (Å²) in [5.41, 5.74) is 6.30. The van der Waals surface area contributed by atoms with E-state index in [-0.39, 0.29) is 41.3 Å². The van der Waals surface area contributed by atoms with Crippen molar-refractivity contribution in [3.8, 4) is 17.0 Å². The Kier molecular flexibility index (Phi) is 14.8. The number of allylic oxidation sites excluding steroid dienone is 2. The summed E-state index contributed by atoms with van der Waals surface area (Å²) in [7, 11) is 4.31. The van der Waals surface area contributed by atoms with Gasteiger partial charge >= 0.3 is 12.2 Å². The van der Waals surface area contributed by atoms with Crippen LogP contribution in [0.4, 0.5) is 14.0 Å². The predicted molar refractivity (Wildman–Crippen MR) is 291 cm³/mol. The number of hydrogen-bond donors (Lipinski definition) is 2. The van der Waals surface area contributed by atoms with E-state index in [1.807, 2.05) is 55.8 Å². The van der Waals surface area contributed by atoms with Crippen LogP contribution in [-0.2, 0) is 35.0 Å². The summed E-state index contributed by atoms with van der Waals surface area (Å²) in [6.07, 6.45) is 7.83. The molecule has 0 saturated carbocycles. The van der Waals surface area contributed by atoms with Gasteiger partial charge in [-0.25, -0.2) is 14.0 Å². The quantitative estimate of drug-likeness (QED) is 0.125. The number of hydrogen-bond acceptors (Lipinski definition) is 12. The van der Waals surface area contributed by atoms with Gasteiger partial charge in [0.25, 0.3) is 0 Å². The number of methoxy groups -OCH3 is 3. The Morgan fingerprint density at radius 3 is 2.14 bits per heavy atom. The summed E-state index contributed by atoms with van der Waals surface area (Å²) in [4.78, 5) is 68.8. The number of carbonyl (C=O) groups is 4. The van der Waals surface area contributed by atoms with Crippen molar-refractivity contribution in [2.45, 2.75) is 141 Å². The number of carbonyl (C=O) groups excluding carboxylic acids is 4. The third-order valence-corrected chi connectivity index (χ3v) is 17.2. The van der Waals surface area contributed by atoms with Crippen LogP contribution >= 0.6 is 11.3 Å². The zero-order chi connectivity index (χ0) is 53.8. The van der Waals surface area contributed by atoms with E-state index < -0.39 is 41.9 Å². The van der Waals surface area contributed by atoms with Crippen molar-refractivity contribution in [2.24, 2.45) is 21.8 Å². The number of aromatic nitrogens is 1. The fraction of sp³-hybridized carbons (Fsp3) is 0.517. The molecule has 2 aromatic carbocycles. The van der Waals surface area contributed by atoms with Crippen LogP contribution in [0.5, 0.6) is 5.75 Å². The number of amides is 4. The fourth-order valence-electron chi connectivity index (χ4n) is 12.1. The highest BCUT2D eigenvalue weighted by atomic mass is 32.1. The van der Waals surface area contributed by atoms with Gasteiger partial charge in [-0.15, -0.1) is 11.3 Å². The summed E-state index contributed by atoms with van der Waals surface area (Å²) < 4.78 is 47.8. The maximum Gasteiger partial charge on any atom is 0.407 e. The normalized spacial score (nSPS) is 22.8. The van der Waals surface area contributed by atoms with E-state index >= 15 is 4.39 Å². The molecule has 404 valence electrons. The van der Waals surface area contributed by atoms with Gasteiger partial charge in [0.2, 0.25) is 18.0 Å². The summed E-state index contributed by atoms with van der Waals surface area (Å²) >= 11 is 1.65. The first kappa shape index (κ1) is 53.0. The van der Waals surface area contributed by atoms with Gasteiger partial charge in [0.15, 0.2) is 0 Å². The molecule has 6 aliphatic heterocycles. The van der Waals surface area contributed by atoms with E-state index in [4.69, 9.17) is 33.7 Å². The molecule has 4 amide bonds. The van der Waals surface area contributed by atoms with Crippen molar-refractivity contribution in [1.82, 2.24) is 25.0 Å². The van der Waals surface area contributed by atoms with Crippen molar-refractivity contribution in [2.75, 3.05) is 41.0 Å². The van der Waals surface area contributed by atoms with Gasteiger partial charge in [-0.05, 0) is 143 Å². The molecule has 0 radical (unpaired) electrons. The Balaban J connectivity index is 0.917. The third-order valence-electron chi connectivity index (χ3n) is 16.1. The number of halogens is 1. The molecule has 3 fully saturated rings. The van der Waals surface area contributed by atoms with Gasteiger partial charge in [-0.3, -0.25) is 24.1 Å². The summed E-state index contributed by atoms with van der Waals surface area (Å²) in [6.45, 7) is 13.5. The minimum absolute atomic E-state index is 0.114. The first-order valence-corrected chi connectivity index (χ1v) is 27.4. The van der Waals surface area contributed by atoms with Crippen LogP contribution in [0, 0.1) is 17.7 Å². The summed E-state index contributed by atoms with van der Waals surface area (Å²) in [5, 5.41) is 6.51. The second-order valence-corrected chi connectivity index (χ2v) is 23.7. The molecule has 0 spiro atoms. The Bertz CT molecular complexity index is 3080. The average molecular weight is 1060 g/mol. The van der Waals surface area contributed by atoms with Gasteiger partial charge in [0, 0.05) is 80.2 Å². The lowest BCUT2D eigenvalue weighted by Crippen LogP contribution is -2.56. The number of likely N-dealkylation sites (tertiary alicyclic amines) is 2. The Morgan fingerprint density at radius 2 is 1.50 bits per heavy atom. The number of thiophene rings is 1. The minimum atomic E-state index is -0.752. The number of aliphatic imine (C=N–C) groups is 2. The molecule has 8 heterocycles. The number of nitrogens with zero attached hydrogens (tertiary/aromatic N) is 5. The molecule has 6 aliphatic rings. The minimum Gasteiger partial charge on any atom is -0.464 e. The second-order valence-electron chi connectivity index (χ2n) is 22.5. The maximum atomic E-state index is 17.1. The van der Waals surface area contributed by atoms with Gasteiger partial charge in [0.05, 0.1) is 59.2 Å². The number of ether oxygens (including phenoxy) is 5. The largest absolute Gasteiger partial charge is 0.464 e. The molecule has 16 nitrogen and oxygen atoms in total. The van der Waals surface area contributed by atoms with E-state index in [9.17, 15) is 19.2 Å². The molecule has 3 unspecified atom stereocenters. The lowest BCUT2D eigenvalue weighted by molar-refractivity contribution is -0.138. The molecule has 76 heavy (non-hydrogen) atoms. The topological polar surface area (TPSA) is 175 Å². The zero-order valence-corrected chi connectivity index (χ0v) is 45.8. The highest BCUT2D eigenvalue weighted by molar-refractivity contribution is 7.12. The van der Waals surface area contributed by atoms with Gasteiger partial charge in [-0.1, -0.05) is 19.9 Å². The number of alkyl carbamates (subject to hydrolysis) is 2. The molecule has 2 N–H and O–H groups in total. The van der Waals surface area contributed by atoms with Gasteiger partial charge in [-0.2, -0.15) is 0 Å². The first-order chi connectivity index (χ1) is 36.3. The van der Waals surface area contributed by atoms with Crippen LogP contribution in [0.15, 0.2) is 70.9 Å². The van der Waals surface area contributed by atoms with Crippen LogP contribution in [0.1, 0.15) is 120 Å². The van der Waals surface area contributed by atoms with E-state index in [0.717, 1.165) is 74.5 Å². The SMILES string of the molecule is COC(=O)NC(C(=O)N1CCC[C@H]1C1=NC=C(c2ccc3c(c2)cc2n3C(c3ccc(CC(C)(C)OC)s3)Oc3cc(C4=CN=C([C@@H]5CCCN5C(=O)[C@@H](NC(=O)OC)C(C)C)C4)cc(F)c3-2)C1)C1CCOC(C)(C)C1. The van der Waals surface area contributed by atoms with Crippen LogP contribution in [-0.4, -0.2) is 126 Å². The molecule has 2 aromatic heterocycles. The lowest BCUT2D eigenvalue weighted by Gasteiger charge is -2.40.